The number of nitrogens with one attached hydrogen (secondary N) is 1. The lowest BCUT2D eigenvalue weighted by atomic mass is 10.1. The third-order valence-corrected chi connectivity index (χ3v) is 3.92. The molecule has 0 saturated carbocycles. The average molecular weight is 320 g/mol. The van der Waals surface area contributed by atoms with Crippen molar-refractivity contribution in [3.63, 3.8) is 0 Å². The number of carboxylic acids is 1. The fourth-order valence-corrected chi connectivity index (χ4v) is 2.20. The maximum Gasteiger partial charge on any atom is 0.337 e. The Morgan fingerprint density at radius 1 is 1.16 bits per heavy atom. The van der Waals surface area contributed by atoms with Crippen molar-refractivity contribution in [3.05, 3.63) is 57.6 Å². The Balaban J connectivity index is 2.44. The second kappa shape index (κ2) is 5.45. The SMILES string of the molecule is Cc1ccc(Nc2cccc(C)c2Br)c(C(=O)O)c1. The number of hydrogen-bond donors (Lipinski definition) is 2. The van der Waals surface area contributed by atoms with Crippen LogP contribution in [0.4, 0.5) is 11.4 Å². The van der Waals surface area contributed by atoms with Crippen LogP contribution in [-0.2, 0) is 0 Å². The number of halogens is 1. The molecule has 0 fully saturated rings. The zero-order valence-electron chi connectivity index (χ0n) is 10.7. The molecule has 4 heteroatoms. The zero-order chi connectivity index (χ0) is 14.0. The van der Waals surface area contributed by atoms with Crippen LogP contribution in [0.25, 0.3) is 0 Å². The number of carboxylic acid groups (broad SMARTS) is 1. The Hall–Kier alpha value is -1.81. The van der Waals surface area contributed by atoms with Gasteiger partial charge in [-0.2, -0.15) is 0 Å². The second-order valence-electron chi connectivity index (χ2n) is 4.42. The van der Waals surface area contributed by atoms with Gasteiger partial charge in [-0.3, -0.25) is 0 Å². The lowest BCUT2D eigenvalue weighted by Gasteiger charge is -2.13. The third kappa shape index (κ3) is 2.96. The van der Waals surface area contributed by atoms with Crippen molar-refractivity contribution in [1.82, 2.24) is 0 Å². The van der Waals surface area contributed by atoms with Gasteiger partial charge in [0.25, 0.3) is 0 Å². The average Bonchev–Trinajstić information content (AvgIpc) is 2.36. The molecule has 0 heterocycles. The van der Waals surface area contributed by atoms with Crippen LogP contribution in [0, 0.1) is 13.8 Å². The van der Waals surface area contributed by atoms with Crippen LogP contribution in [0.15, 0.2) is 40.9 Å². The number of anilines is 2. The van der Waals surface area contributed by atoms with Gasteiger partial charge in [-0.25, -0.2) is 4.79 Å². The van der Waals surface area contributed by atoms with Gasteiger partial charge in [0.1, 0.15) is 0 Å². The summed E-state index contributed by atoms with van der Waals surface area (Å²) in [6.07, 6.45) is 0. The van der Waals surface area contributed by atoms with Crippen molar-refractivity contribution in [2.45, 2.75) is 13.8 Å². The minimum absolute atomic E-state index is 0.272. The Morgan fingerprint density at radius 3 is 2.58 bits per heavy atom. The van der Waals surface area contributed by atoms with Crippen molar-refractivity contribution in [2.75, 3.05) is 5.32 Å². The van der Waals surface area contributed by atoms with Crippen molar-refractivity contribution in [1.29, 1.82) is 0 Å². The standard InChI is InChI=1S/C15H14BrNO2/c1-9-6-7-12(11(8-9)15(18)19)17-13-5-3-4-10(2)14(13)16/h3-8,17H,1-2H3,(H,18,19). The van der Waals surface area contributed by atoms with E-state index in [2.05, 4.69) is 21.2 Å². The highest BCUT2D eigenvalue weighted by Gasteiger charge is 2.11. The maximum atomic E-state index is 11.3. The number of carbonyl (C=O) groups is 1. The van der Waals surface area contributed by atoms with Gasteiger partial charge in [0.15, 0.2) is 0 Å². The van der Waals surface area contributed by atoms with Gasteiger partial charge in [-0.05, 0) is 53.5 Å². The molecule has 2 N–H and O–H groups in total. The summed E-state index contributed by atoms with van der Waals surface area (Å²) < 4.78 is 0.937. The summed E-state index contributed by atoms with van der Waals surface area (Å²) in [4.78, 5) is 11.3. The normalized spacial score (nSPS) is 10.3. The van der Waals surface area contributed by atoms with E-state index < -0.39 is 5.97 Å². The van der Waals surface area contributed by atoms with Crippen LogP contribution >= 0.6 is 15.9 Å². The van der Waals surface area contributed by atoms with Crippen molar-refractivity contribution >= 4 is 33.3 Å². The minimum atomic E-state index is -0.935. The summed E-state index contributed by atoms with van der Waals surface area (Å²) >= 11 is 3.50. The van der Waals surface area contributed by atoms with E-state index in [0.29, 0.717) is 5.69 Å². The Morgan fingerprint density at radius 2 is 1.89 bits per heavy atom. The number of benzene rings is 2. The van der Waals surface area contributed by atoms with Gasteiger partial charge >= 0.3 is 5.97 Å². The van der Waals surface area contributed by atoms with E-state index in [-0.39, 0.29) is 5.56 Å². The molecule has 2 aromatic carbocycles. The summed E-state index contributed by atoms with van der Waals surface area (Å²) in [6, 6.07) is 11.2. The topological polar surface area (TPSA) is 49.3 Å². The van der Waals surface area contributed by atoms with Crippen LogP contribution in [0.5, 0.6) is 0 Å². The second-order valence-corrected chi connectivity index (χ2v) is 5.21. The Labute approximate surface area is 120 Å². The number of hydrogen-bond acceptors (Lipinski definition) is 2. The summed E-state index contributed by atoms with van der Waals surface area (Å²) in [5.74, 6) is -0.935. The van der Waals surface area contributed by atoms with E-state index in [0.717, 1.165) is 21.3 Å². The molecule has 0 aliphatic heterocycles. The number of aryl methyl sites for hydroxylation is 2. The molecule has 0 spiro atoms. The highest BCUT2D eigenvalue weighted by Crippen LogP contribution is 2.30. The number of rotatable bonds is 3. The first-order chi connectivity index (χ1) is 8.99. The Kier molecular flexibility index (Phi) is 3.90. The van der Waals surface area contributed by atoms with Gasteiger partial charge in [-0.1, -0.05) is 23.8 Å². The van der Waals surface area contributed by atoms with E-state index in [1.807, 2.05) is 38.1 Å². The van der Waals surface area contributed by atoms with Gasteiger partial charge in [0.2, 0.25) is 0 Å². The summed E-state index contributed by atoms with van der Waals surface area (Å²) in [7, 11) is 0. The molecule has 19 heavy (non-hydrogen) atoms. The predicted octanol–water partition coefficient (Wildman–Crippen LogP) is 4.51. The molecule has 0 radical (unpaired) electrons. The molecular formula is C15H14BrNO2. The first-order valence-electron chi connectivity index (χ1n) is 5.85. The van der Waals surface area contributed by atoms with Crippen molar-refractivity contribution in [3.8, 4) is 0 Å². The molecule has 0 unspecified atom stereocenters. The first-order valence-corrected chi connectivity index (χ1v) is 6.64. The smallest absolute Gasteiger partial charge is 0.337 e. The minimum Gasteiger partial charge on any atom is -0.478 e. The molecule has 98 valence electrons. The quantitative estimate of drug-likeness (QED) is 0.875. The van der Waals surface area contributed by atoms with Gasteiger partial charge in [0, 0.05) is 4.47 Å². The summed E-state index contributed by atoms with van der Waals surface area (Å²) in [5, 5.41) is 12.4. The lowest BCUT2D eigenvalue weighted by Crippen LogP contribution is -2.03. The zero-order valence-corrected chi connectivity index (χ0v) is 12.3. The monoisotopic (exact) mass is 319 g/mol. The largest absolute Gasteiger partial charge is 0.478 e. The van der Waals surface area contributed by atoms with Crippen LogP contribution in [-0.4, -0.2) is 11.1 Å². The Bertz CT molecular complexity index is 638. The molecular weight excluding hydrogens is 306 g/mol. The van der Waals surface area contributed by atoms with Gasteiger partial charge in [0.05, 0.1) is 16.9 Å². The molecule has 0 bridgehead atoms. The third-order valence-electron chi connectivity index (χ3n) is 2.87. The first kappa shape index (κ1) is 13.6. The van der Waals surface area contributed by atoms with Gasteiger partial charge in [-0.15, -0.1) is 0 Å². The summed E-state index contributed by atoms with van der Waals surface area (Å²) in [5.41, 5.74) is 3.73. The maximum absolute atomic E-state index is 11.3. The van der Waals surface area contributed by atoms with E-state index in [4.69, 9.17) is 0 Å². The molecule has 0 aliphatic carbocycles. The van der Waals surface area contributed by atoms with E-state index in [9.17, 15) is 9.90 Å². The number of aromatic carboxylic acids is 1. The van der Waals surface area contributed by atoms with E-state index >= 15 is 0 Å². The molecule has 3 nitrogen and oxygen atoms in total. The van der Waals surface area contributed by atoms with Crippen LogP contribution in [0.2, 0.25) is 0 Å². The molecule has 0 aliphatic rings. The highest BCUT2D eigenvalue weighted by molar-refractivity contribution is 9.10. The molecule has 0 atom stereocenters. The molecule has 2 rings (SSSR count). The van der Waals surface area contributed by atoms with E-state index in [1.54, 1.807) is 12.1 Å². The van der Waals surface area contributed by atoms with Crippen LogP contribution in [0.1, 0.15) is 21.5 Å². The molecule has 2 aromatic rings. The van der Waals surface area contributed by atoms with Gasteiger partial charge < -0.3 is 10.4 Å². The lowest BCUT2D eigenvalue weighted by molar-refractivity contribution is 0.0698. The predicted molar refractivity (Wildman–Crippen MR) is 80.3 cm³/mol. The molecule has 0 saturated heterocycles. The fraction of sp³-hybridized carbons (Fsp3) is 0.133. The van der Waals surface area contributed by atoms with Crippen LogP contribution < -0.4 is 5.32 Å². The highest BCUT2D eigenvalue weighted by atomic mass is 79.9. The van der Waals surface area contributed by atoms with E-state index in [1.165, 1.54) is 0 Å². The fourth-order valence-electron chi connectivity index (χ4n) is 1.83. The molecule has 0 amide bonds. The van der Waals surface area contributed by atoms with Crippen LogP contribution in [0.3, 0.4) is 0 Å². The summed E-state index contributed by atoms with van der Waals surface area (Å²) in [6.45, 7) is 3.86. The van der Waals surface area contributed by atoms with Crippen molar-refractivity contribution in [2.24, 2.45) is 0 Å². The molecule has 0 aromatic heterocycles. The van der Waals surface area contributed by atoms with Crippen molar-refractivity contribution < 1.29 is 9.90 Å².